The summed E-state index contributed by atoms with van der Waals surface area (Å²) < 4.78 is 12.3. The fourth-order valence-electron chi connectivity index (χ4n) is 2.06. The van der Waals surface area contributed by atoms with E-state index in [2.05, 4.69) is 15.9 Å². The first-order valence-corrected chi connectivity index (χ1v) is 7.12. The Hall–Kier alpha value is -1.68. The third kappa shape index (κ3) is 3.25. The number of nitrogens with two attached hydrogens (primary N) is 1. The van der Waals surface area contributed by atoms with Crippen molar-refractivity contribution in [2.24, 2.45) is 0 Å². The number of halogens is 1. The van der Waals surface area contributed by atoms with Gasteiger partial charge in [-0.2, -0.15) is 0 Å². The molecule has 0 fully saturated rings. The molecule has 0 aliphatic heterocycles. The lowest BCUT2D eigenvalue weighted by Crippen LogP contribution is -2.00. The Morgan fingerprint density at radius 3 is 2.35 bits per heavy atom. The van der Waals surface area contributed by atoms with E-state index in [0.29, 0.717) is 12.3 Å². The fourth-order valence-corrected chi connectivity index (χ4v) is 2.29. The summed E-state index contributed by atoms with van der Waals surface area (Å²) in [7, 11) is 1.64. The average molecular weight is 336 g/mol. The van der Waals surface area contributed by atoms with E-state index in [1.54, 1.807) is 7.11 Å². The summed E-state index contributed by atoms with van der Waals surface area (Å²) in [5.74, 6) is 1.62. The number of hydrogen-bond donors (Lipinski definition) is 1. The molecule has 2 aromatic carbocycles. The van der Waals surface area contributed by atoms with Gasteiger partial charge < -0.3 is 15.2 Å². The van der Waals surface area contributed by atoms with Crippen LogP contribution in [0.15, 0.2) is 34.8 Å². The average Bonchev–Trinajstić information content (AvgIpc) is 2.42. The second-order valence-corrected chi connectivity index (χ2v) is 5.52. The van der Waals surface area contributed by atoms with E-state index in [1.165, 1.54) is 0 Å². The third-order valence-electron chi connectivity index (χ3n) is 3.11. The van der Waals surface area contributed by atoms with Crippen LogP contribution >= 0.6 is 15.9 Å². The summed E-state index contributed by atoms with van der Waals surface area (Å²) >= 11 is 3.55. The number of hydrogen-bond acceptors (Lipinski definition) is 3. The molecule has 3 nitrogen and oxygen atoms in total. The lowest BCUT2D eigenvalue weighted by molar-refractivity contribution is 0.296. The third-order valence-corrected chi connectivity index (χ3v) is 4.36. The van der Waals surface area contributed by atoms with E-state index in [1.807, 2.05) is 44.2 Å². The first kappa shape index (κ1) is 14.7. The molecule has 4 heteroatoms. The molecule has 0 saturated carbocycles. The minimum atomic E-state index is 0.425. The van der Waals surface area contributed by atoms with Gasteiger partial charge in [0.2, 0.25) is 0 Å². The molecule has 0 amide bonds. The summed E-state index contributed by atoms with van der Waals surface area (Å²) in [5.41, 5.74) is 9.74. The van der Waals surface area contributed by atoms with Crippen molar-refractivity contribution < 1.29 is 9.47 Å². The van der Waals surface area contributed by atoms with Crippen LogP contribution < -0.4 is 15.2 Å². The maximum atomic E-state index is 5.85. The maximum Gasteiger partial charge on any atom is 0.125 e. The van der Waals surface area contributed by atoms with Crippen molar-refractivity contribution in [1.82, 2.24) is 0 Å². The number of ether oxygens (including phenoxy) is 2. The Morgan fingerprint density at radius 2 is 1.75 bits per heavy atom. The van der Waals surface area contributed by atoms with Gasteiger partial charge in [0.25, 0.3) is 0 Å². The number of nitrogen functional groups attached to an aromatic ring is 1. The van der Waals surface area contributed by atoms with Crippen LogP contribution in [0.5, 0.6) is 11.5 Å². The highest BCUT2D eigenvalue weighted by molar-refractivity contribution is 9.10. The summed E-state index contributed by atoms with van der Waals surface area (Å²) in [6.07, 6.45) is 0. The highest BCUT2D eigenvalue weighted by Crippen LogP contribution is 2.28. The smallest absolute Gasteiger partial charge is 0.125 e. The molecular weight excluding hydrogens is 318 g/mol. The van der Waals surface area contributed by atoms with Crippen LogP contribution in [-0.2, 0) is 6.61 Å². The topological polar surface area (TPSA) is 44.5 Å². The van der Waals surface area contributed by atoms with Gasteiger partial charge in [0, 0.05) is 15.7 Å². The molecule has 0 aliphatic rings. The van der Waals surface area contributed by atoms with Crippen LogP contribution in [0.2, 0.25) is 0 Å². The van der Waals surface area contributed by atoms with E-state index in [4.69, 9.17) is 15.2 Å². The number of aryl methyl sites for hydroxylation is 2. The number of anilines is 1. The van der Waals surface area contributed by atoms with Crippen molar-refractivity contribution in [3.63, 3.8) is 0 Å². The van der Waals surface area contributed by atoms with Crippen LogP contribution in [-0.4, -0.2) is 7.11 Å². The minimum Gasteiger partial charge on any atom is -0.496 e. The van der Waals surface area contributed by atoms with E-state index >= 15 is 0 Å². The van der Waals surface area contributed by atoms with Crippen LogP contribution in [0, 0.1) is 13.8 Å². The van der Waals surface area contributed by atoms with Gasteiger partial charge in [-0.3, -0.25) is 0 Å². The Morgan fingerprint density at radius 1 is 1.10 bits per heavy atom. The lowest BCUT2D eigenvalue weighted by atomic mass is 10.1. The van der Waals surface area contributed by atoms with E-state index in [9.17, 15) is 0 Å². The zero-order valence-corrected chi connectivity index (χ0v) is 13.5. The molecule has 0 heterocycles. The molecule has 20 heavy (non-hydrogen) atoms. The summed E-state index contributed by atoms with van der Waals surface area (Å²) in [4.78, 5) is 0. The van der Waals surface area contributed by atoms with Gasteiger partial charge in [-0.05, 0) is 55.3 Å². The predicted molar refractivity (Wildman–Crippen MR) is 85.4 cm³/mol. The largest absolute Gasteiger partial charge is 0.496 e. The van der Waals surface area contributed by atoms with Crippen LogP contribution in [0.3, 0.4) is 0 Å². The van der Waals surface area contributed by atoms with Crippen molar-refractivity contribution in [3.8, 4) is 11.5 Å². The number of rotatable bonds is 4. The standard InChI is InChI=1S/C16H18BrNO2/c1-10-6-14(7-11(2)16(10)17)20-9-12-8-13(18)4-5-15(12)19-3/h4-8H,9,18H2,1-3H3. The van der Waals surface area contributed by atoms with Crippen molar-refractivity contribution in [1.29, 1.82) is 0 Å². The van der Waals surface area contributed by atoms with Crippen LogP contribution in [0.1, 0.15) is 16.7 Å². The molecule has 0 bridgehead atoms. The monoisotopic (exact) mass is 335 g/mol. The van der Waals surface area contributed by atoms with Crippen LogP contribution in [0.25, 0.3) is 0 Å². The molecule has 2 aromatic rings. The first-order chi connectivity index (χ1) is 9.51. The normalized spacial score (nSPS) is 10.4. The van der Waals surface area contributed by atoms with Crippen LogP contribution in [0.4, 0.5) is 5.69 Å². The number of benzene rings is 2. The van der Waals surface area contributed by atoms with Gasteiger partial charge in [-0.25, -0.2) is 0 Å². The van der Waals surface area contributed by atoms with Gasteiger partial charge in [-0.15, -0.1) is 0 Å². The van der Waals surface area contributed by atoms with Gasteiger partial charge in [0.1, 0.15) is 18.1 Å². The SMILES string of the molecule is COc1ccc(N)cc1COc1cc(C)c(Br)c(C)c1. The maximum absolute atomic E-state index is 5.85. The Bertz CT molecular complexity index is 603. The molecule has 106 valence electrons. The van der Waals surface area contributed by atoms with E-state index in [-0.39, 0.29) is 0 Å². The molecule has 0 unspecified atom stereocenters. The molecule has 0 aromatic heterocycles. The van der Waals surface area contributed by atoms with E-state index < -0.39 is 0 Å². The summed E-state index contributed by atoms with van der Waals surface area (Å²) in [5, 5.41) is 0. The molecular formula is C16H18BrNO2. The second-order valence-electron chi connectivity index (χ2n) is 4.73. The summed E-state index contributed by atoms with van der Waals surface area (Å²) in [6, 6.07) is 9.56. The second kappa shape index (κ2) is 6.18. The zero-order chi connectivity index (χ0) is 14.7. The molecule has 2 N–H and O–H groups in total. The fraction of sp³-hybridized carbons (Fsp3) is 0.250. The Labute approximate surface area is 127 Å². The Balaban J connectivity index is 2.18. The van der Waals surface area contributed by atoms with Crippen molar-refractivity contribution in [2.45, 2.75) is 20.5 Å². The lowest BCUT2D eigenvalue weighted by Gasteiger charge is -2.13. The zero-order valence-electron chi connectivity index (χ0n) is 11.9. The summed E-state index contributed by atoms with van der Waals surface area (Å²) in [6.45, 7) is 4.52. The molecule has 0 atom stereocenters. The molecule has 0 spiro atoms. The van der Waals surface area contributed by atoms with E-state index in [0.717, 1.165) is 32.7 Å². The predicted octanol–water partition coefficient (Wildman–Crippen LogP) is 4.24. The molecule has 2 rings (SSSR count). The quantitative estimate of drug-likeness (QED) is 0.850. The van der Waals surface area contributed by atoms with Crippen molar-refractivity contribution in [3.05, 3.63) is 51.5 Å². The van der Waals surface area contributed by atoms with Gasteiger partial charge >= 0.3 is 0 Å². The van der Waals surface area contributed by atoms with Crippen molar-refractivity contribution >= 4 is 21.6 Å². The Kier molecular flexibility index (Phi) is 4.55. The number of methoxy groups -OCH3 is 1. The minimum absolute atomic E-state index is 0.425. The highest BCUT2D eigenvalue weighted by Gasteiger charge is 2.07. The van der Waals surface area contributed by atoms with Gasteiger partial charge in [0.05, 0.1) is 7.11 Å². The molecule has 0 aliphatic carbocycles. The first-order valence-electron chi connectivity index (χ1n) is 6.33. The molecule has 0 radical (unpaired) electrons. The van der Waals surface area contributed by atoms with Gasteiger partial charge in [-0.1, -0.05) is 15.9 Å². The molecule has 0 saturated heterocycles. The van der Waals surface area contributed by atoms with Gasteiger partial charge in [0.15, 0.2) is 0 Å². The van der Waals surface area contributed by atoms with Crippen molar-refractivity contribution in [2.75, 3.05) is 12.8 Å². The highest BCUT2D eigenvalue weighted by atomic mass is 79.9.